The summed E-state index contributed by atoms with van der Waals surface area (Å²) in [5.41, 5.74) is 0.817. The van der Waals surface area contributed by atoms with E-state index >= 15 is 0 Å². The van der Waals surface area contributed by atoms with Gasteiger partial charge in [0.1, 0.15) is 5.54 Å². The molecule has 18 heavy (non-hydrogen) atoms. The fourth-order valence-electron chi connectivity index (χ4n) is 1.69. The van der Waals surface area contributed by atoms with Crippen molar-refractivity contribution < 1.29 is 14.7 Å². The van der Waals surface area contributed by atoms with Crippen molar-refractivity contribution in [2.75, 3.05) is 0 Å². The van der Waals surface area contributed by atoms with Crippen LogP contribution in [0.4, 0.5) is 0 Å². The van der Waals surface area contributed by atoms with E-state index in [1.165, 1.54) is 13.8 Å². The summed E-state index contributed by atoms with van der Waals surface area (Å²) in [4.78, 5) is 22.7. The molecule has 1 aromatic carbocycles. The van der Waals surface area contributed by atoms with Crippen LogP contribution in [0.2, 0.25) is 0 Å². The van der Waals surface area contributed by atoms with E-state index in [2.05, 4.69) is 5.32 Å². The van der Waals surface area contributed by atoms with Gasteiger partial charge in [0, 0.05) is 0 Å². The highest BCUT2D eigenvalue weighted by molar-refractivity contribution is 5.87. The molecule has 1 rings (SSSR count). The molecule has 0 aliphatic heterocycles. The number of nitrogens with one attached hydrogen (secondary N) is 1. The molecule has 1 amide bonds. The van der Waals surface area contributed by atoms with Crippen molar-refractivity contribution in [2.45, 2.75) is 39.2 Å². The van der Waals surface area contributed by atoms with Crippen molar-refractivity contribution in [3.63, 3.8) is 0 Å². The molecular weight excluding hydrogens is 230 g/mol. The van der Waals surface area contributed by atoms with E-state index in [0.717, 1.165) is 17.5 Å². The van der Waals surface area contributed by atoms with Gasteiger partial charge in [-0.2, -0.15) is 0 Å². The topological polar surface area (TPSA) is 66.4 Å². The highest BCUT2D eigenvalue weighted by Crippen LogP contribution is 2.11. The van der Waals surface area contributed by atoms with E-state index in [1.54, 1.807) is 0 Å². The molecule has 0 bridgehead atoms. The Balaban J connectivity index is 2.74. The Labute approximate surface area is 107 Å². The summed E-state index contributed by atoms with van der Waals surface area (Å²) in [6.07, 6.45) is 1.06. The Bertz CT molecular complexity index is 452. The number of carboxylic acid groups (broad SMARTS) is 1. The van der Waals surface area contributed by atoms with Gasteiger partial charge in [0.15, 0.2) is 0 Å². The maximum absolute atomic E-state index is 11.8. The first kappa shape index (κ1) is 14.2. The Morgan fingerprint density at radius 1 is 1.22 bits per heavy atom. The molecule has 0 radical (unpaired) electrons. The minimum absolute atomic E-state index is 0.209. The van der Waals surface area contributed by atoms with Gasteiger partial charge in [-0.3, -0.25) is 4.79 Å². The van der Waals surface area contributed by atoms with Crippen molar-refractivity contribution in [3.05, 3.63) is 35.4 Å². The summed E-state index contributed by atoms with van der Waals surface area (Å²) in [6, 6.07) is 7.68. The van der Waals surface area contributed by atoms with Crippen molar-refractivity contribution in [3.8, 4) is 0 Å². The highest BCUT2D eigenvalue weighted by atomic mass is 16.4. The smallest absolute Gasteiger partial charge is 0.328 e. The third-order valence-corrected chi connectivity index (χ3v) is 2.84. The van der Waals surface area contributed by atoms with Crippen molar-refractivity contribution >= 4 is 11.9 Å². The average Bonchev–Trinajstić information content (AvgIpc) is 2.28. The fourth-order valence-corrected chi connectivity index (χ4v) is 1.69. The molecule has 0 saturated heterocycles. The Morgan fingerprint density at radius 3 is 2.28 bits per heavy atom. The molecule has 1 aromatic rings. The average molecular weight is 249 g/mol. The molecule has 0 heterocycles. The van der Waals surface area contributed by atoms with Crippen LogP contribution in [0, 0.1) is 0 Å². The van der Waals surface area contributed by atoms with Crippen LogP contribution in [-0.2, 0) is 22.4 Å². The van der Waals surface area contributed by atoms with E-state index in [0.29, 0.717) is 0 Å². The summed E-state index contributed by atoms with van der Waals surface area (Å²) in [7, 11) is 0. The predicted octanol–water partition coefficient (Wildman–Crippen LogP) is 1.77. The van der Waals surface area contributed by atoms with Gasteiger partial charge in [0.05, 0.1) is 6.42 Å². The molecule has 0 fully saturated rings. The van der Waals surface area contributed by atoms with Gasteiger partial charge in [-0.05, 0) is 31.4 Å². The van der Waals surface area contributed by atoms with Gasteiger partial charge in [-0.25, -0.2) is 4.79 Å². The number of carbonyl (C=O) groups is 2. The lowest BCUT2D eigenvalue weighted by molar-refractivity contribution is -0.145. The molecule has 98 valence electrons. The molecule has 0 aromatic heterocycles. The number of hydrogen-bond donors (Lipinski definition) is 2. The number of benzene rings is 1. The first-order valence-electron chi connectivity index (χ1n) is 5.98. The Kier molecular flexibility index (Phi) is 4.48. The maximum Gasteiger partial charge on any atom is 0.328 e. The molecular formula is C14H19NO3. The fraction of sp³-hybridized carbons (Fsp3) is 0.429. The number of carboxylic acids is 1. The largest absolute Gasteiger partial charge is 0.480 e. The van der Waals surface area contributed by atoms with Gasteiger partial charge < -0.3 is 10.4 Å². The number of carbonyl (C=O) groups excluding carboxylic acids is 1. The summed E-state index contributed by atoms with van der Waals surface area (Å²) in [5.74, 6) is -1.32. The lowest BCUT2D eigenvalue weighted by Crippen LogP contribution is -2.50. The molecule has 0 aliphatic carbocycles. The van der Waals surface area contributed by atoms with Gasteiger partial charge in [0.25, 0.3) is 0 Å². The van der Waals surface area contributed by atoms with Crippen molar-refractivity contribution in [1.29, 1.82) is 0 Å². The normalized spacial score (nSPS) is 11.1. The third-order valence-electron chi connectivity index (χ3n) is 2.84. The zero-order valence-corrected chi connectivity index (χ0v) is 11.0. The SMILES string of the molecule is CCc1ccccc1CC(=O)NC(C)(C)C(=O)O. The molecule has 0 atom stereocenters. The lowest BCUT2D eigenvalue weighted by atomic mass is 10.0. The van der Waals surface area contributed by atoms with Crippen LogP contribution in [0.1, 0.15) is 31.9 Å². The quantitative estimate of drug-likeness (QED) is 0.835. The zero-order chi connectivity index (χ0) is 13.8. The van der Waals surface area contributed by atoms with Gasteiger partial charge in [-0.15, -0.1) is 0 Å². The molecule has 0 aliphatic rings. The van der Waals surface area contributed by atoms with Gasteiger partial charge in [-0.1, -0.05) is 31.2 Å². The summed E-state index contributed by atoms with van der Waals surface area (Å²) in [5, 5.41) is 11.5. The molecule has 0 saturated carbocycles. The van der Waals surface area contributed by atoms with Crippen LogP contribution in [0.5, 0.6) is 0 Å². The standard InChI is InChI=1S/C14H19NO3/c1-4-10-7-5-6-8-11(10)9-12(16)15-14(2,3)13(17)18/h5-8H,4,9H2,1-3H3,(H,15,16)(H,17,18). The second-order valence-corrected chi connectivity index (χ2v) is 4.78. The maximum atomic E-state index is 11.8. The lowest BCUT2D eigenvalue weighted by Gasteiger charge is -2.21. The van der Waals surface area contributed by atoms with Gasteiger partial charge in [0.2, 0.25) is 5.91 Å². The predicted molar refractivity (Wildman–Crippen MR) is 69.4 cm³/mol. The van der Waals surface area contributed by atoms with Gasteiger partial charge >= 0.3 is 5.97 Å². The van der Waals surface area contributed by atoms with Crippen LogP contribution in [0.15, 0.2) is 24.3 Å². The van der Waals surface area contributed by atoms with Crippen molar-refractivity contribution in [2.24, 2.45) is 0 Å². The molecule has 4 nitrogen and oxygen atoms in total. The molecule has 2 N–H and O–H groups in total. The zero-order valence-electron chi connectivity index (χ0n) is 11.0. The van der Waals surface area contributed by atoms with E-state index < -0.39 is 11.5 Å². The minimum atomic E-state index is -1.24. The second-order valence-electron chi connectivity index (χ2n) is 4.78. The highest BCUT2D eigenvalue weighted by Gasteiger charge is 2.28. The van der Waals surface area contributed by atoms with E-state index in [9.17, 15) is 9.59 Å². The van der Waals surface area contributed by atoms with E-state index in [4.69, 9.17) is 5.11 Å². The van der Waals surface area contributed by atoms with Crippen molar-refractivity contribution in [1.82, 2.24) is 5.32 Å². The number of aryl methyl sites for hydroxylation is 1. The van der Waals surface area contributed by atoms with Crippen LogP contribution in [0.3, 0.4) is 0 Å². The molecule has 4 heteroatoms. The van der Waals surface area contributed by atoms with Crippen LogP contribution in [0.25, 0.3) is 0 Å². The number of rotatable bonds is 5. The minimum Gasteiger partial charge on any atom is -0.480 e. The number of hydrogen-bond acceptors (Lipinski definition) is 2. The second kappa shape index (κ2) is 5.67. The molecule has 0 unspecified atom stereocenters. The first-order chi connectivity index (χ1) is 8.36. The Morgan fingerprint density at radius 2 is 1.78 bits per heavy atom. The monoisotopic (exact) mass is 249 g/mol. The summed E-state index contributed by atoms with van der Waals surface area (Å²) in [6.45, 7) is 4.97. The van der Waals surface area contributed by atoms with Crippen LogP contribution < -0.4 is 5.32 Å². The number of amides is 1. The summed E-state index contributed by atoms with van der Waals surface area (Å²) >= 11 is 0. The van der Waals surface area contributed by atoms with E-state index in [1.807, 2.05) is 31.2 Å². The summed E-state index contributed by atoms with van der Waals surface area (Å²) < 4.78 is 0. The third kappa shape index (κ3) is 3.58. The Hall–Kier alpha value is -1.84. The van der Waals surface area contributed by atoms with Crippen LogP contribution in [-0.4, -0.2) is 22.5 Å². The number of aliphatic carboxylic acids is 1. The van der Waals surface area contributed by atoms with E-state index in [-0.39, 0.29) is 12.3 Å². The van der Waals surface area contributed by atoms with Crippen LogP contribution >= 0.6 is 0 Å². The first-order valence-corrected chi connectivity index (χ1v) is 5.98. The molecule has 0 spiro atoms.